The molecule has 2 amide bonds. The molecule has 0 radical (unpaired) electrons. The minimum absolute atomic E-state index is 0.0169. The van der Waals surface area contributed by atoms with Crippen LogP contribution in [0, 0.1) is 5.92 Å². The van der Waals surface area contributed by atoms with Gasteiger partial charge >= 0.3 is 0 Å². The standard InChI is InChI=1S/C26H36N2O3/c1-3-21(2)28(26(30)23-13-8-5-9-14-23)20-25(29)27(19-24-15-10-18-31-24)17-16-22-11-6-4-7-12-22/h4,6-7,10-12,15,18,21,23H,3,5,8-9,13-14,16-17,19-20H2,1-2H3. The molecule has 1 heterocycles. The third kappa shape index (κ3) is 6.71. The van der Waals surface area contributed by atoms with E-state index in [9.17, 15) is 9.59 Å². The molecule has 1 aliphatic carbocycles. The molecular formula is C26H36N2O3. The van der Waals surface area contributed by atoms with Crippen LogP contribution in [0.4, 0.5) is 0 Å². The van der Waals surface area contributed by atoms with Crippen LogP contribution >= 0.6 is 0 Å². The van der Waals surface area contributed by atoms with Gasteiger partial charge in [0.15, 0.2) is 0 Å². The zero-order chi connectivity index (χ0) is 22.1. The number of carbonyl (C=O) groups is 2. The lowest BCUT2D eigenvalue weighted by Crippen LogP contribution is -2.49. The molecule has 1 aliphatic rings. The number of nitrogens with zero attached hydrogens (tertiary/aromatic N) is 2. The van der Waals surface area contributed by atoms with Crippen molar-refractivity contribution in [3.05, 3.63) is 60.1 Å². The summed E-state index contributed by atoms with van der Waals surface area (Å²) >= 11 is 0. The molecular weight excluding hydrogens is 388 g/mol. The lowest BCUT2D eigenvalue weighted by atomic mass is 9.88. The molecule has 1 fully saturated rings. The summed E-state index contributed by atoms with van der Waals surface area (Å²) in [4.78, 5) is 30.3. The van der Waals surface area contributed by atoms with Crippen molar-refractivity contribution in [1.29, 1.82) is 0 Å². The van der Waals surface area contributed by atoms with Crippen molar-refractivity contribution >= 4 is 11.8 Å². The molecule has 3 rings (SSSR count). The van der Waals surface area contributed by atoms with Gasteiger partial charge in [-0.25, -0.2) is 0 Å². The first-order valence-electron chi connectivity index (χ1n) is 11.7. The summed E-state index contributed by atoms with van der Waals surface area (Å²) in [7, 11) is 0. The van der Waals surface area contributed by atoms with E-state index in [1.807, 2.05) is 40.1 Å². The Morgan fingerprint density at radius 3 is 2.45 bits per heavy atom. The van der Waals surface area contributed by atoms with Crippen molar-refractivity contribution in [2.45, 2.75) is 71.4 Å². The van der Waals surface area contributed by atoms with Crippen LogP contribution in [0.3, 0.4) is 0 Å². The van der Waals surface area contributed by atoms with Crippen molar-refractivity contribution in [2.24, 2.45) is 5.92 Å². The van der Waals surface area contributed by atoms with Gasteiger partial charge in [0.2, 0.25) is 11.8 Å². The van der Waals surface area contributed by atoms with E-state index in [1.54, 1.807) is 6.26 Å². The Labute approximate surface area is 186 Å². The average Bonchev–Trinajstić information content (AvgIpc) is 3.33. The van der Waals surface area contributed by atoms with Gasteiger partial charge in [-0.05, 0) is 50.3 Å². The molecule has 0 spiro atoms. The van der Waals surface area contributed by atoms with Crippen LogP contribution in [-0.2, 0) is 22.6 Å². The second kappa shape index (κ2) is 11.7. The van der Waals surface area contributed by atoms with Gasteiger partial charge in [-0.2, -0.15) is 0 Å². The quantitative estimate of drug-likeness (QED) is 0.536. The van der Waals surface area contributed by atoms with Gasteiger partial charge in [-0.15, -0.1) is 0 Å². The summed E-state index contributed by atoms with van der Waals surface area (Å²) in [5.74, 6) is 0.966. The second-order valence-corrected chi connectivity index (χ2v) is 8.69. The number of hydrogen-bond donors (Lipinski definition) is 0. The first-order valence-corrected chi connectivity index (χ1v) is 11.7. The Kier molecular flexibility index (Phi) is 8.74. The summed E-state index contributed by atoms with van der Waals surface area (Å²) in [6.45, 7) is 5.28. The number of rotatable bonds is 10. The van der Waals surface area contributed by atoms with Gasteiger partial charge in [0.25, 0.3) is 0 Å². The highest BCUT2D eigenvalue weighted by Gasteiger charge is 2.31. The largest absolute Gasteiger partial charge is 0.467 e. The number of furan rings is 1. The molecule has 2 aromatic rings. The fraction of sp³-hybridized carbons (Fsp3) is 0.538. The topological polar surface area (TPSA) is 53.8 Å². The van der Waals surface area contributed by atoms with E-state index in [0.29, 0.717) is 13.1 Å². The molecule has 1 unspecified atom stereocenters. The fourth-order valence-electron chi connectivity index (χ4n) is 4.29. The van der Waals surface area contributed by atoms with Crippen molar-refractivity contribution in [3.8, 4) is 0 Å². The summed E-state index contributed by atoms with van der Waals surface area (Å²) < 4.78 is 5.51. The molecule has 168 valence electrons. The molecule has 5 heteroatoms. The molecule has 0 N–H and O–H groups in total. The molecule has 0 saturated heterocycles. The monoisotopic (exact) mass is 424 g/mol. The van der Waals surface area contributed by atoms with Crippen LogP contribution in [0.1, 0.15) is 63.7 Å². The third-order valence-corrected chi connectivity index (χ3v) is 6.46. The van der Waals surface area contributed by atoms with E-state index >= 15 is 0 Å². The summed E-state index contributed by atoms with van der Waals surface area (Å²) in [6.07, 6.45) is 8.58. The second-order valence-electron chi connectivity index (χ2n) is 8.69. The highest BCUT2D eigenvalue weighted by atomic mass is 16.3. The lowest BCUT2D eigenvalue weighted by Gasteiger charge is -2.34. The van der Waals surface area contributed by atoms with E-state index < -0.39 is 0 Å². The van der Waals surface area contributed by atoms with Crippen LogP contribution < -0.4 is 0 Å². The highest BCUT2D eigenvalue weighted by Crippen LogP contribution is 2.26. The number of hydrogen-bond acceptors (Lipinski definition) is 3. The van der Waals surface area contributed by atoms with Crippen molar-refractivity contribution in [3.63, 3.8) is 0 Å². The maximum absolute atomic E-state index is 13.4. The van der Waals surface area contributed by atoms with E-state index in [0.717, 1.165) is 44.3 Å². The van der Waals surface area contributed by atoms with Gasteiger partial charge < -0.3 is 14.2 Å². The minimum atomic E-state index is -0.0169. The van der Waals surface area contributed by atoms with Crippen molar-refractivity contribution < 1.29 is 14.0 Å². The smallest absolute Gasteiger partial charge is 0.242 e. The van der Waals surface area contributed by atoms with E-state index in [1.165, 1.54) is 12.0 Å². The van der Waals surface area contributed by atoms with Crippen molar-refractivity contribution in [2.75, 3.05) is 13.1 Å². The van der Waals surface area contributed by atoms with Gasteiger partial charge in [0, 0.05) is 18.5 Å². The van der Waals surface area contributed by atoms with Gasteiger partial charge in [0.1, 0.15) is 12.3 Å². The molecule has 1 saturated carbocycles. The fourth-order valence-corrected chi connectivity index (χ4v) is 4.29. The maximum Gasteiger partial charge on any atom is 0.242 e. The predicted octanol–water partition coefficient (Wildman–Crippen LogP) is 5.06. The normalized spacial score (nSPS) is 15.4. The van der Waals surface area contributed by atoms with E-state index in [4.69, 9.17) is 4.42 Å². The van der Waals surface area contributed by atoms with Gasteiger partial charge in [-0.3, -0.25) is 9.59 Å². The predicted molar refractivity (Wildman–Crippen MR) is 122 cm³/mol. The van der Waals surface area contributed by atoms with Gasteiger partial charge in [0.05, 0.1) is 12.8 Å². The Hall–Kier alpha value is -2.56. The number of amides is 2. The SMILES string of the molecule is CCC(C)N(CC(=O)N(CCc1ccccc1)Cc1ccco1)C(=O)C1CCCCC1. The van der Waals surface area contributed by atoms with Crippen molar-refractivity contribution in [1.82, 2.24) is 9.80 Å². The molecule has 5 nitrogen and oxygen atoms in total. The lowest BCUT2D eigenvalue weighted by molar-refractivity contribution is -0.146. The molecule has 1 aromatic heterocycles. The first kappa shape index (κ1) is 23.1. The highest BCUT2D eigenvalue weighted by molar-refractivity contribution is 5.86. The zero-order valence-electron chi connectivity index (χ0n) is 19.0. The third-order valence-electron chi connectivity index (χ3n) is 6.46. The van der Waals surface area contributed by atoms with Crippen LogP contribution in [0.15, 0.2) is 53.1 Å². The minimum Gasteiger partial charge on any atom is -0.467 e. The average molecular weight is 425 g/mol. The van der Waals surface area contributed by atoms with Crippen LogP contribution in [0.5, 0.6) is 0 Å². The Morgan fingerprint density at radius 2 is 1.81 bits per heavy atom. The van der Waals surface area contributed by atoms with E-state index in [2.05, 4.69) is 26.0 Å². The van der Waals surface area contributed by atoms with E-state index in [-0.39, 0.29) is 30.3 Å². The molecule has 31 heavy (non-hydrogen) atoms. The summed E-state index contributed by atoms with van der Waals surface area (Å²) in [6, 6.07) is 14.0. The molecule has 0 aliphatic heterocycles. The molecule has 0 bridgehead atoms. The van der Waals surface area contributed by atoms with Crippen LogP contribution in [0.25, 0.3) is 0 Å². The van der Waals surface area contributed by atoms with Crippen LogP contribution in [-0.4, -0.2) is 40.7 Å². The Balaban J connectivity index is 1.71. The number of carbonyl (C=O) groups excluding carboxylic acids is 2. The summed E-state index contributed by atoms with van der Waals surface area (Å²) in [5, 5.41) is 0. The maximum atomic E-state index is 13.4. The summed E-state index contributed by atoms with van der Waals surface area (Å²) in [5.41, 5.74) is 1.19. The van der Waals surface area contributed by atoms with Crippen LogP contribution in [0.2, 0.25) is 0 Å². The molecule has 1 atom stereocenters. The first-order chi connectivity index (χ1) is 15.1. The zero-order valence-corrected chi connectivity index (χ0v) is 19.0. The van der Waals surface area contributed by atoms with Gasteiger partial charge in [-0.1, -0.05) is 56.5 Å². The Morgan fingerprint density at radius 1 is 1.06 bits per heavy atom. The number of benzene rings is 1. The Bertz CT molecular complexity index is 797. The molecule has 1 aromatic carbocycles.